The van der Waals surface area contributed by atoms with E-state index in [1.165, 1.54) is 0 Å². The summed E-state index contributed by atoms with van der Waals surface area (Å²) < 4.78 is 5.66. The van der Waals surface area contributed by atoms with Gasteiger partial charge in [0.05, 0.1) is 6.61 Å². The summed E-state index contributed by atoms with van der Waals surface area (Å²) in [6.45, 7) is 5.07. The van der Waals surface area contributed by atoms with Crippen molar-refractivity contribution in [3.63, 3.8) is 0 Å². The molecule has 0 fully saturated rings. The first kappa shape index (κ1) is 24.0. The molecule has 1 unspecified atom stereocenters. The van der Waals surface area contributed by atoms with E-state index in [1.807, 2.05) is 19.1 Å². The third-order valence-corrected chi connectivity index (χ3v) is 5.10. The molecule has 0 radical (unpaired) electrons. The molecule has 30 heavy (non-hydrogen) atoms. The number of ether oxygens (including phenoxy) is 1. The van der Waals surface area contributed by atoms with Gasteiger partial charge in [-0.15, -0.1) is 0 Å². The minimum absolute atomic E-state index is 0.0937. The zero-order valence-electron chi connectivity index (χ0n) is 17.4. The summed E-state index contributed by atoms with van der Waals surface area (Å²) in [7, 11) is 0. The van der Waals surface area contributed by atoms with Gasteiger partial charge in [0.1, 0.15) is 11.8 Å². The van der Waals surface area contributed by atoms with Crippen LogP contribution in [0.1, 0.15) is 38.7 Å². The van der Waals surface area contributed by atoms with Gasteiger partial charge in [0.15, 0.2) is 0 Å². The number of nitrogens with zero attached hydrogens (tertiary/aromatic N) is 1. The number of rotatable bonds is 11. The minimum atomic E-state index is -0.572. The Morgan fingerprint density at radius 3 is 2.23 bits per heavy atom. The summed E-state index contributed by atoms with van der Waals surface area (Å²) in [6, 6.07) is 13.8. The SMILES string of the molecule is CCCNC(=O)C(C)N(Cc1ccc(Cl)cc1)C(=O)CCCOc1ccc(Cl)cc1. The summed E-state index contributed by atoms with van der Waals surface area (Å²) in [4.78, 5) is 27.0. The number of carbonyl (C=O) groups excluding carboxylic acids is 2. The first-order valence-electron chi connectivity index (χ1n) is 10.1. The molecule has 5 nitrogen and oxygen atoms in total. The van der Waals surface area contributed by atoms with Crippen molar-refractivity contribution in [2.45, 2.75) is 45.7 Å². The standard InChI is InChI=1S/C23H28Cl2N2O3/c1-3-14-26-23(29)17(2)27(16-18-6-8-19(24)9-7-18)22(28)5-4-15-30-21-12-10-20(25)11-13-21/h6-13,17H,3-5,14-16H2,1-2H3,(H,26,29). The number of benzene rings is 2. The van der Waals surface area contributed by atoms with Gasteiger partial charge >= 0.3 is 0 Å². The minimum Gasteiger partial charge on any atom is -0.494 e. The van der Waals surface area contributed by atoms with Crippen molar-refractivity contribution >= 4 is 35.0 Å². The highest BCUT2D eigenvalue weighted by Crippen LogP contribution is 2.17. The van der Waals surface area contributed by atoms with Gasteiger partial charge in [-0.2, -0.15) is 0 Å². The van der Waals surface area contributed by atoms with Crippen molar-refractivity contribution in [1.29, 1.82) is 0 Å². The second kappa shape index (κ2) is 12.5. The van der Waals surface area contributed by atoms with Crippen LogP contribution in [0.2, 0.25) is 10.0 Å². The van der Waals surface area contributed by atoms with Crippen molar-refractivity contribution in [1.82, 2.24) is 10.2 Å². The maximum absolute atomic E-state index is 12.9. The summed E-state index contributed by atoms with van der Waals surface area (Å²) in [5.41, 5.74) is 0.917. The van der Waals surface area contributed by atoms with Crippen LogP contribution in [-0.4, -0.2) is 35.9 Å². The number of amides is 2. The Hall–Kier alpha value is -2.24. The zero-order valence-corrected chi connectivity index (χ0v) is 18.9. The quantitative estimate of drug-likeness (QED) is 0.484. The lowest BCUT2D eigenvalue weighted by Crippen LogP contribution is -2.47. The van der Waals surface area contributed by atoms with Crippen LogP contribution in [0.5, 0.6) is 5.75 Å². The average Bonchev–Trinajstić information content (AvgIpc) is 2.75. The highest BCUT2D eigenvalue weighted by atomic mass is 35.5. The Bertz CT molecular complexity index is 810. The summed E-state index contributed by atoms with van der Waals surface area (Å²) in [5.74, 6) is 0.456. The monoisotopic (exact) mass is 450 g/mol. The molecule has 0 aliphatic rings. The molecule has 2 amide bonds. The molecule has 162 valence electrons. The molecular weight excluding hydrogens is 423 g/mol. The van der Waals surface area contributed by atoms with Gasteiger partial charge in [0.2, 0.25) is 11.8 Å². The van der Waals surface area contributed by atoms with E-state index in [4.69, 9.17) is 27.9 Å². The zero-order chi connectivity index (χ0) is 21.9. The molecule has 0 aromatic heterocycles. The number of carbonyl (C=O) groups is 2. The van der Waals surface area contributed by atoms with Gasteiger partial charge in [0, 0.05) is 29.6 Å². The van der Waals surface area contributed by atoms with Gasteiger partial charge in [-0.3, -0.25) is 9.59 Å². The number of hydrogen-bond donors (Lipinski definition) is 1. The molecule has 2 rings (SSSR count). The Balaban J connectivity index is 1.96. The van der Waals surface area contributed by atoms with Gasteiger partial charge < -0.3 is 15.0 Å². The molecule has 1 N–H and O–H groups in total. The highest BCUT2D eigenvalue weighted by molar-refractivity contribution is 6.30. The Morgan fingerprint density at radius 1 is 1.03 bits per heavy atom. The van der Waals surface area contributed by atoms with Crippen molar-refractivity contribution in [3.05, 3.63) is 64.1 Å². The third kappa shape index (κ3) is 7.88. The van der Waals surface area contributed by atoms with E-state index in [0.29, 0.717) is 41.9 Å². The molecule has 0 saturated carbocycles. The lowest BCUT2D eigenvalue weighted by atomic mass is 10.1. The van der Waals surface area contributed by atoms with Gasteiger partial charge in [-0.1, -0.05) is 42.3 Å². The lowest BCUT2D eigenvalue weighted by Gasteiger charge is -2.29. The number of hydrogen-bond acceptors (Lipinski definition) is 3. The molecular formula is C23H28Cl2N2O3. The van der Waals surface area contributed by atoms with E-state index < -0.39 is 6.04 Å². The van der Waals surface area contributed by atoms with Crippen LogP contribution in [0.3, 0.4) is 0 Å². The largest absolute Gasteiger partial charge is 0.494 e. The molecule has 0 spiro atoms. The molecule has 0 bridgehead atoms. The lowest BCUT2D eigenvalue weighted by molar-refractivity contribution is -0.140. The van der Waals surface area contributed by atoms with E-state index >= 15 is 0 Å². The third-order valence-electron chi connectivity index (χ3n) is 4.60. The maximum Gasteiger partial charge on any atom is 0.242 e. The van der Waals surface area contributed by atoms with Crippen molar-refractivity contribution < 1.29 is 14.3 Å². The Labute approximate surface area is 188 Å². The molecule has 0 aliphatic heterocycles. The van der Waals surface area contributed by atoms with Crippen LogP contribution in [0.4, 0.5) is 0 Å². The normalized spacial score (nSPS) is 11.6. The van der Waals surface area contributed by atoms with E-state index in [2.05, 4.69) is 5.32 Å². The van der Waals surface area contributed by atoms with Crippen LogP contribution in [0.15, 0.2) is 48.5 Å². The van der Waals surface area contributed by atoms with Crippen LogP contribution < -0.4 is 10.1 Å². The topological polar surface area (TPSA) is 58.6 Å². The first-order chi connectivity index (χ1) is 14.4. The predicted molar refractivity (Wildman–Crippen MR) is 121 cm³/mol. The highest BCUT2D eigenvalue weighted by Gasteiger charge is 2.25. The van der Waals surface area contributed by atoms with Crippen LogP contribution in [-0.2, 0) is 16.1 Å². The molecule has 0 heterocycles. The molecule has 0 aliphatic carbocycles. The van der Waals surface area contributed by atoms with Crippen LogP contribution in [0.25, 0.3) is 0 Å². The van der Waals surface area contributed by atoms with Crippen molar-refractivity contribution in [2.75, 3.05) is 13.2 Å². The molecule has 2 aromatic carbocycles. The fourth-order valence-electron chi connectivity index (χ4n) is 2.85. The van der Waals surface area contributed by atoms with Gasteiger partial charge in [0.25, 0.3) is 0 Å². The Morgan fingerprint density at radius 2 is 1.63 bits per heavy atom. The molecule has 2 aromatic rings. The number of nitrogens with one attached hydrogen (secondary N) is 1. The maximum atomic E-state index is 12.9. The van der Waals surface area contributed by atoms with Gasteiger partial charge in [-0.05, 0) is 61.7 Å². The van der Waals surface area contributed by atoms with E-state index in [1.54, 1.807) is 48.2 Å². The second-order valence-electron chi connectivity index (χ2n) is 7.02. The van der Waals surface area contributed by atoms with E-state index in [-0.39, 0.29) is 18.2 Å². The summed E-state index contributed by atoms with van der Waals surface area (Å²) in [6.07, 6.45) is 1.67. The number of halogens is 2. The van der Waals surface area contributed by atoms with Crippen molar-refractivity contribution in [2.24, 2.45) is 0 Å². The van der Waals surface area contributed by atoms with Gasteiger partial charge in [-0.25, -0.2) is 0 Å². The molecule has 7 heteroatoms. The fourth-order valence-corrected chi connectivity index (χ4v) is 3.10. The van der Waals surface area contributed by atoms with Crippen LogP contribution >= 0.6 is 23.2 Å². The average molecular weight is 451 g/mol. The second-order valence-corrected chi connectivity index (χ2v) is 7.89. The van der Waals surface area contributed by atoms with Crippen LogP contribution in [0, 0.1) is 0 Å². The Kier molecular flexibility index (Phi) is 9.98. The first-order valence-corrected chi connectivity index (χ1v) is 10.9. The predicted octanol–water partition coefficient (Wildman–Crippen LogP) is 5.10. The van der Waals surface area contributed by atoms with E-state index in [0.717, 1.165) is 12.0 Å². The molecule has 0 saturated heterocycles. The smallest absolute Gasteiger partial charge is 0.242 e. The summed E-state index contributed by atoms with van der Waals surface area (Å²) in [5, 5.41) is 4.14. The summed E-state index contributed by atoms with van der Waals surface area (Å²) >= 11 is 11.8. The molecule has 1 atom stereocenters. The fraction of sp³-hybridized carbons (Fsp3) is 0.391. The van der Waals surface area contributed by atoms with E-state index in [9.17, 15) is 9.59 Å². The van der Waals surface area contributed by atoms with Crippen molar-refractivity contribution in [3.8, 4) is 5.75 Å².